The van der Waals surface area contributed by atoms with Gasteiger partial charge in [0.1, 0.15) is 0 Å². The van der Waals surface area contributed by atoms with Crippen LogP contribution in [0.2, 0.25) is 0 Å². The minimum Gasteiger partial charge on any atom is -0.322 e. The van der Waals surface area contributed by atoms with Crippen LogP contribution in [-0.4, -0.2) is 30.2 Å². The maximum absolute atomic E-state index is 2.55. The molecule has 0 saturated carbocycles. The zero-order chi connectivity index (χ0) is 31.5. The lowest BCUT2D eigenvalue weighted by molar-refractivity contribution is -0.948. The summed E-state index contributed by atoms with van der Waals surface area (Å²) in [4.78, 5) is 0. The second-order valence-electron chi connectivity index (χ2n) is 15.1. The Kier molecular flexibility index (Phi) is 34.8. The molecule has 0 aromatic heterocycles. The molecule has 0 unspecified atom stereocenters. The molecule has 0 aliphatic carbocycles. The van der Waals surface area contributed by atoms with Crippen LogP contribution in [0.5, 0.6) is 0 Å². The zero-order valence-electron chi connectivity index (χ0n) is 31.5. The highest BCUT2D eigenvalue weighted by atomic mass is 15.4. The van der Waals surface area contributed by atoms with Crippen molar-refractivity contribution in [1.29, 1.82) is 0 Å². The average molecular weight is 607 g/mol. The summed E-state index contributed by atoms with van der Waals surface area (Å²) in [5, 5.41) is 0. The summed E-state index contributed by atoms with van der Waals surface area (Å²) >= 11 is 0. The highest BCUT2D eigenvalue weighted by Crippen LogP contribution is 2.23. The van der Waals surface area contributed by atoms with Gasteiger partial charge in [0.2, 0.25) is 0 Å². The van der Waals surface area contributed by atoms with Crippen LogP contribution in [-0.2, 0) is 0 Å². The monoisotopic (exact) mass is 607 g/mol. The summed E-state index contributed by atoms with van der Waals surface area (Å²) in [5.41, 5.74) is 0. The maximum Gasteiger partial charge on any atom is 0.0833 e. The van der Waals surface area contributed by atoms with Crippen molar-refractivity contribution in [3.8, 4) is 0 Å². The van der Waals surface area contributed by atoms with Crippen molar-refractivity contribution in [1.82, 2.24) is 0 Å². The Labute approximate surface area is 276 Å². The van der Waals surface area contributed by atoms with Gasteiger partial charge in [0.15, 0.2) is 0 Å². The van der Waals surface area contributed by atoms with E-state index in [1.54, 1.807) is 0 Å². The van der Waals surface area contributed by atoms with Gasteiger partial charge < -0.3 is 4.48 Å². The molecule has 0 aromatic rings. The van der Waals surface area contributed by atoms with Crippen molar-refractivity contribution in [2.24, 2.45) is 0 Å². The quantitative estimate of drug-likeness (QED) is 0.0487. The van der Waals surface area contributed by atoms with Crippen LogP contribution in [0.15, 0.2) is 0 Å². The second-order valence-corrected chi connectivity index (χ2v) is 15.1. The van der Waals surface area contributed by atoms with Gasteiger partial charge >= 0.3 is 0 Å². The van der Waals surface area contributed by atoms with E-state index in [1.165, 1.54) is 236 Å². The Morgan fingerprint density at radius 3 is 0.581 bits per heavy atom. The molecule has 0 radical (unpaired) electrons. The number of nitrogens with zero attached hydrogens (tertiary/aromatic N) is 1. The zero-order valence-corrected chi connectivity index (χ0v) is 31.5. The van der Waals surface area contributed by atoms with Crippen LogP contribution < -0.4 is 0 Å². The van der Waals surface area contributed by atoms with E-state index >= 15 is 0 Å². The van der Waals surface area contributed by atoms with Crippen molar-refractivity contribution in [2.45, 2.75) is 253 Å². The minimum absolute atomic E-state index is 0.786. The van der Waals surface area contributed by atoms with Gasteiger partial charge in [-0.1, -0.05) is 194 Å². The van der Waals surface area contributed by atoms with Crippen LogP contribution in [0.4, 0.5) is 0 Å². The highest BCUT2D eigenvalue weighted by Gasteiger charge is 2.29. The van der Waals surface area contributed by atoms with Crippen molar-refractivity contribution >= 4 is 0 Å². The van der Waals surface area contributed by atoms with Gasteiger partial charge in [0.25, 0.3) is 0 Å². The predicted octanol–water partition coefficient (Wildman–Crippen LogP) is 15.1. The average Bonchev–Trinajstić information content (AvgIpc) is 3.00. The van der Waals surface area contributed by atoms with Crippen molar-refractivity contribution in [2.75, 3.05) is 19.6 Å². The smallest absolute Gasteiger partial charge is 0.0833 e. The van der Waals surface area contributed by atoms with Gasteiger partial charge in [-0.25, -0.2) is 0 Å². The summed E-state index contributed by atoms with van der Waals surface area (Å²) in [5.74, 6) is 0. The highest BCUT2D eigenvalue weighted by molar-refractivity contribution is 4.57. The second kappa shape index (κ2) is 34.8. The van der Waals surface area contributed by atoms with E-state index in [-0.39, 0.29) is 0 Å². The molecule has 0 aliphatic rings. The topological polar surface area (TPSA) is 0 Å². The largest absolute Gasteiger partial charge is 0.322 e. The SMILES string of the molecule is CCCCCCCCCCCCC[N+](CCCCCCCCCCCCC)(CCCCCCCCCCCCC)C(C)C. The Balaban J connectivity index is 4.37. The van der Waals surface area contributed by atoms with E-state index in [9.17, 15) is 0 Å². The lowest BCUT2D eigenvalue weighted by atomic mass is 10.0. The summed E-state index contributed by atoms with van der Waals surface area (Å²) < 4.78 is 1.42. The summed E-state index contributed by atoms with van der Waals surface area (Å²) in [6.07, 6.45) is 48.2. The number of unbranched alkanes of at least 4 members (excludes halogenated alkanes) is 30. The van der Waals surface area contributed by atoms with Gasteiger partial charge in [0.05, 0.1) is 25.7 Å². The Morgan fingerprint density at radius 2 is 0.419 bits per heavy atom. The molecule has 0 fully saturated rings. The number of quaternary nitrogens is 1. The first-order chi connectivity index (χ1) is 21.1. The number of hydrogen-bond acceptors (Lipinski definition) is 0. The molecule has 0 bridgehead atoms. The van der Waals surface area contributed by atoms with E-state index in [4.69, 9.17) is 0 Å². The molecule has 43 heavy (non-hydrogen) atoms. The Bertz CT molecular complexity index is 433. The van der Waals surface area contributed by atoms with E-state index < -0.39 is 0 Å². The molecular weight excluding hydrogens is 518 g/mol. The third-order valence-corrected chi connectivity index (χ3v) is 10.7. The molecule has 0 saturated heterocycles. The molecule has 1 heteroatoms. The van der Waals surface area contributed by atoms with E-state index in [0.717, 1.165) is 6.04 Å². The van der Waals surface area contributed by atoms with Crippen molar-refractivity contribution in [3.05, 3.63) is 0 Å². The van der Waals surface area contributed by atoms with Crippen LogP contribution in [0.3, 0.4) is 0 Å². The lowest BCUT2D eigenvalue weighted by Gasteiger charge is -2.43. The van der Waals surface area contributed by atoms with Gasteiger partial charge in [-0.3, -0.25) is 0 Å². The Morgan fingerprint density at radius 1 is 0.256 bits per heavy atom. The van der Waals surface area contributed by atoms with Crippen LogP contribution >= 0.6 is 0 Å². The first-order valence-corrected chi connectivity index (χ1v) is 21.0. The third-order valence-electron chi connectivity index (χ3n) is 10.7. The number of hydrogen-bond donors (Lipinski definition) is 0. The molecule has 0 atom stereocenters. The molecule has 0 aliphatic heterocycles. The fraction of sp³-hybridized carbons (Fsp3) is 1.00. The first kappa shape index (κ1) is 43.0. The summed E-state index contributed by atoms with van der Waals surface area (Å²) in [7, 11) is 0. The molecule has 0 spiro atoms. The van der Waals surface area contributed by atoms with E-state index in [1.807, 2.05) is 0 Å². The first-order valence-electron chi connectivity index (χ1n) is 21.0. The molecule has 0 N–H and O–H groups in total. The van der Waals surface area contributed by atoms with Crippen LogP contribution in [0, 0.1) is 0 Å². The molecule has 0 amide bonds. The molecule has 1 nitrogen and oxygen atoms in total. The van der Waals surface area contributed by atoms with E-state index in [2.05, 4.69) is 34.6 Å². The molecule has 260 valence electrons. The lowest BCUT2D eigenvalue weighted by Crippen LogP contribution is -2.55. The van der Waals surface area contributed by atoms with E-state index in [0.29, 0.717) is 0 Å². The van der Waals surface area contributed by atoms with Gasteiger partial charge in [-0.15, -0.1) is 0 Å². The van der Waals surface area contributed by atoms with Crippen molar-refractivity contribution in [3.63, 3.8) is 0 Å². The fourth-order valence-corrected chi connectivity index (χ4v) is 7.38. The van der Waals surface area contributed by atoms with Crippen LogP contribution in [0.25, 0.3) is 0 Å². The molecule has 0 aromatic carbocycles. The Hall–Kier alpha value is -0.0400. The standard InChI is InChI=1S/C42H88N/c1-6-9-12-15-18-21-24-27-30-33-36-39-43(42(4)5,40-37-34-31-28-25-22-19-16-13-10-7-2)41-38-35-32-29-26-23-20-17-14-11-8-3/h42H,6-41H2,1-5H3/q+1. The summed E-state index contributed by atoms with van der Waals surface area (Å²) in [6, 6.07) is 0.786. The van der Waals surface area contributed by atoms with Crippen molar-refractivity contribution < 1.29 is 4.48 Å². The number of rotatable bonds is 37. The normalized spacial score (nSPS) is 12.1. The maximum atomic E-state index is 2.55. The minimum atomic E-state index is 0.786. The van der Waals surface area contributed by atoms with Crippen LogP contribution in [0.1, 0.15) is 247 Å². The fourth-order valence-electron chi connectivity index (χ4n) is 7.38. The van der Waals surface area contributed by atoms with Gasteiger partial charge in [0, 0.05) is 0 Å². The third kappa shape index (κ3) is 29.1. The summed E-state index contributed by atoms with van der Waals surface area (Å²) in [6.45, 7) is 16.4. The van der Waals surface area contributed by atoms with Gasteiger partial charge in [-0.2, -0.15) is 0 Å². The predicted molar refractivity (Wildman–Crippen MR) is 199 cm³/mol. The molecule has 0 heterocycles. The molecular formula is C42H88N+. The molecule has 0 rings (SSSR count). The van der Waals surface area contributed by atoms with Gasteiger partial charge in [-0.05, 0) is 52.4 Å².